The van der Waals surface area contributed by atoms with Crippen LogP contribution in [-0.4, -0.2) is 17.1 Å². The first kappa shape index (κ1) is 9.81. The summed E-state index contributed by atoms with van der Waals surface area (Å²) >= 11 is 5.37. The van der Waals surface area contributed by atoms with Gasteiger partial charge in [-0.25, -0.2) is 4.84 Å². The van der Waals surface area contributed by atoms with E-state index in [9.17, 15) is 4.79 Å². The van der Waals surface area contributed by atoms with Gasteiger partial charge in [-0.05, 0) is 30.5 Å². The maximum atomic E-state index is 10.7. The van der Waals surface area contributed by atoms with Crippen LogP contribution >= 0.6 is 11.8 Å². The number of aliphatic carboxylic acids is 1. The Bertz CT molecular complexity index is 157. The molecule has 4 heteroatoms. The SMILES string of the molecule is O=C(O)[C@@H](NCl)C1CCCCC1. The Hall–Kier alpha value is -0.280. The van der Waals surface area contributed by atoms with Crippen LogP contribution in [0.5, 0.6) is 0 Å². The van der Waals surface area contributed by atoms with E-state index in [4.69, 9.17) is 16.9 Å². The average Bonchev–Trinajstić information content (AvgIpc) is 2.07. The minimum absolute atomic E-state index is 0.216. The number of carboxylic acid groups (broad SMARTS) is 1. The number of hydrogen-bond donors (Lipinski definition) is 2. The molecule has 2 N–H and O–H groups in total. The van der Waals surface area contributed by atoms with Crippen molar-refractivity contribution in [2.24, 2.45) is 5.92 Å². The Labute approximate surface area is 77.2 Å². The van der Waals surface area contributed by atoms with E-state index in [1.54, 1.807) is 0 Å². The van der Waals surface area contributed by atoms with Gasteiger partial charge in [0.15, 0.2) is 0 Å². The van der Waals surface area contributed by atoms with Gasteiger partial charge in [0.05, 0.1) is 0 Å². The number of hydrogen-bond acceptors (Lipinski definition) is 2. The van der Waals surface area contributed by atoms with E-state index in [0.717, 1.165) is 25.7 Å². The summed E-state index contributed by atoms with van der Waals surface area (Å²) in [5.74, 6) is -0.620. The Morgan fingerprint density at radius 3 is 2.42 bits per heavy atom. The lowest BCUT2D eigenvalue weighted by Gasteiger charge is -2.25. The molecule has 0 bridgehead atoms. The Morgan fingerprint density at radius 2 is 2.00 bits per heavy atom. The maximum Gasteiger partial charge on any atom is 0.322 e. The summed E-state index contributed by atoms with van der Waals surface area (Å²) in [6.07, 6.45) is 5.46. The van der Waals surface area contributed by atoms with Crippen molar-refractivity contribution in [2.45, 2.75) is 38.1 Å². The highest BCUT2D eigenvalue weighted by Crippen LogP contribution is 2.26. The predicted octanol–water partition coefficient (Wildman–Crippen LogP) is 1.76. The summed E-state index contributed by atoms with van der Waals surface area (Å²) in [5, 5.41) is 8.78. The van der Waals surface area contributed by atoms with E-state index in [2.05, 4.69) is 4.84 Å². The van der Waals surface area contributed by atoms with Crippen LogP contribution in [0.1, 0.15) is 32.1 Å². The molecule has 0 aliphatic heterocycles. The molecule has 0 radical (unpaired) electrons. The molecule has 0 spiro atoms. The van der Waals surface area contributed by atoms with Crippen molar-refractivity contribution in [1.82, 2.24) is 4.84 Å². The van der Waals surface area contributed by atoms with Gasteiger partial charge >= 0.3 is 5.97 Å². The molecule has 0 aromatic heterocycles. The lowest BCUT2D eigenvalue weighted by atomic mass is 9.84. The fourth-order valence-electron chi connectivity index (χ4n) is 1.80. The van der Waals surface area contributed by atoms with Crippen molar-refractivity contribution >= 4 is 17.7 Å². The first-order valence-electron chi connectivity index (χ1n) is 4.34. The van der Waals surface area contributed by atoms with Crippen LogP contribution in [0.3, 0.4) is 0 Å². The van der Waals surface area contributed by atoms with Crippen molar-refractivity contribution in [1.29, 1.82) is 0 Å². The third-order valence-electron chi connectivity index (χ3n) is 2.50. The molecule has 0 amide bonds. The van der Waals surface area contributed by atoms with Gasteiger partial charge in [-0.1, -0.05) is 19.3 Å². The van der Waals surface area contributed by atoms with Crippen LogP contribution < -0.4 is 4.84 Å². The van der Waals surface area contributed by atoms with Crippen molar-refractivity contribution in [2.75, 3.05) is 0 Å². The van der Waals surface area contributed by atoms with E-state index in [1.807, 2.05) is 0 Å². The van der Waals surface area contributed by atoms with Gasteiger partial charge in [0.25, 0.3) is 0 Å². The van der Waals surface area contributed by atoms with Gasteiger partial charge < -0.3 is 5.11 Å². The molecule has 0 unspecified atom stereocenters. The van der Waals surface area contributed by atoms with E-state index >= 15 is 0 Å². The summed E-state index contributed by atoms with van der Waals surface area (Å²) < 4.78 is 0. The Kier molecular flexibility index (Phi) is 3.82. The Morgan fingerprint density at radius 1 is 1.42 bits per heavy atom. The van der Waals surface area contributed by atoms with Gasteiger partial charge in [-0.2, -0.15) is 0 Å². The second-order valence-electron chi connectivity index (χ2n) is 3.32. The summed E-state index contributed by atoms with van der Waals surface area (Å²) in [7, 11) is 0. The second kappa shape index (κ2) is 4.67. The fourth-order valence-corrected chi connectivity index (χ4v) is 2.08. The van der Waals surface area contributed by atoms with Crippen molar-refractivity contribution in [3.63, 3.8) is 0 Å². The maximum absolute atomic E-state index is 10.7. The van der Waals surface area contributed by atoms with Crippen molar-refractivity contribution in [3.8, 4) is 0 Å². The van der Waals surface area contributed by atoms with E-state index in [0.29, 0.717) is 0 Å². The average molecular weight is 192 g/mol. The topological polar surface area (TPSA) is 49.3 Å². The highest BCUT2D eigenvalue weighted by Gasteiger charge is 2.28. The third-order valence-corrected chi connectivity index (χ3v) is 2.74. The molecule has 1 saturated carbocycles. The predicted molar refractivity (Wildman–Crippen MR) is 47.0 cm³/mol. The van der Waals surface area contributed by atoms with Crippen LogP contribution in [0, 0.1) is 5.92 Å². The summed E-state index contributed by atoms with van der Waals surface area (Å²) in [6, 6.07) is -0.563. The zero-order chi connectivity index (χ0) is 8.97. The number of rotatable bonds is 3. The first-order chi connectivity index (χ1) is 5.75. The summed E-state index contributed by atoms with van der Waals surface area (Å²) in [5.41, 5.74) is 0. The van der Waals surface area contributed by atoms with E-state index in [-0.39, 0.29) is 5.92 Å². The lowest BCUT2D eigenvalue weighted by Crippen LogP contribution is -2.39. The number of nitrogens with one attached hydrogen (secondary N) is 1. The molecule has 0 aromatic rings. The van der Waals surface area contributed by atoms with Gasteiger partial charge in [0, 0.05) is 0 Å². The lowest BCUT2D eigenvalue weighted by molar-refractivity contribution is -0.140. The van der Waals surface area contributed by atoms with Crippen LogP contribution in [0.25, 0.3) is 0 Å². The monoisotopic (exact) mass is 191 g/mol. The molecule has 1 fully saturated rings. The number of halogens is 1. The number of carboxylic acids is 1. The third kappa shape index (κ3) is 2.35. The summed E-state index contributed by atoms with van der Waals surface area (Å²) in [6.45, 7) is 0. The zero-order valence-corrected chi connectivity index (χ0v) is 7.68. The Balaban J connectivity index is 2.46. The molecule has 3 nitrogen and oxygen atoms in total. The van der Waals surface area contributed by atoms with E-state index in [1.165, 1.54) is 6.42 Å². The summed E-state index contributed by atoms with van der Waals surface area (Å²) in [4.78, 5) is 13.0. The minimum atomic E-state index is -0.836. The zero-order valence-electron chi connectivity index (χ0n) is 6.92. The minimum Gasteiger partial charge on any atom is -0.480 e. The fraction of sp³-hybridized carbons (Fsp3) is 0.875. The van der Waals surface area contributed by atoms with E-state index < -0.39 is 12.0 Å². The van der Waals surface area contributed by atoms with Crippen LogP contribution in [-0.2, 0) is 4.79 Å². The van der Waals surface area contributed by atoms with Crippen LogP contribution in [0.15, 0.2) is 0 Å². The van der Waals surface area contributed by atoms with Gasteiger partial charge in [0.2, 0.25) is 0 Å². The highest BCUT2D eigenvalue weighted by atomic mass is 35.5. The molecular weight excluding hydrogens is 178 g/mol. The molecular formula is C8H14ClNO2. The molecule has 1 aliphatic carbocycles. The van der Waals surface area contributed by atoms with Crippen molar-refractivity contribution in [3.05, 3.63) is 0 Å². The molecule has 1 rings (SSSR count). The van der Waals surface area contributed by atoms with Crippen LogP contribution in [0.2, 0.25) is 0 Å². The standard InChI is InChI=1S/C8H14ClNO2/c9-10-7(8(11)12)6-4-2-1-3-5-6/h6-7,10H,1-5H2,(H,11,12)/t7-/m0/s1. The largest absolute Gasteiger partial charge is 0.480 e. The van der Waals surface area contributed by atoms with Gasteiger partial charge in [-0.3, -0.25) is 4.79 Å². The molecule has 1 aliphatic rings. The highest BCUT2D eigenvalue weighted by molar-refractivity contribution is 6.14. The smallest absolute Gasteiger partial charge is 0.322 e. The van der Waals surface area contributed by atoms with Gasteiger partial charge in [-0.15, -0.1) is 0 Å². The second-order valence-corrected chi connectivity index (χ2v) is 3.54. The quantitative estimate of drug-likeness (QED) is 0.669. The first-order valence-corrected chi connectivity index (χ1v) is 4.72. The molecule has 70 valence electrons. The normalized spacial score (nSPS) is 22.1. The van der Waals surface area contributed by atoms with Crippen LogP contribution in [0.4, 0.5) is 0 Å². The molecule has 0 aromatic carbocycles. The van der Waals surface area contributed by atoms with Crippen molar-refractivity contribution < 1.29 is 9.90 Å². The molecule has 0 heterocycles. The number of carbonyl (C=O) groups is 1. The molecule has 12 heavy (non-hydrogen) atoms. The van der Waals surface area contributed by atoms with Gasteiger partial charge in [0.1, 0.15) is 6.04 Å². The molecule has 0 saturated heterocycles. The molecule has 1 atom stereocenters.